The van der Waals surface area contributed by atoms with Crippen LogP contribution in [0.15, 0.2) is 65.8 Å². The summed E-state index contributed by atoms with van der Waals surface area (Å²) >= 11 is 0. The number of nitro groups is 1. The average molecular weight is 500 g/mol. The van der Waals surface area contributed by atoms with Gasteiger partial charge >= 0.3 is 0 Å². The Morgan fingerprint density at radius 1 is 1.08 bits per heavy atom. The number of para-hydroxylation sites is 1. The number of amides is 1. The molecule has 1 amide bonds. The third-order valence-electron chi connectivity index (χ3n) is 5.73. The maximum atomic E-state index is 13.2. The van der Waals surface area contributed by atoms with Crippen molar-refractivity contribution in [2.75, 3.05) is 21.0 Å². The van der Waals surface area contributed by atoms with Crippen LogP contribution in [0, 0.1) is 10.1 Å². The summed E-state index contributed by atoms with van der Waals surface area (Å²) in [4.78, 5) is 28.8. The number of pyridine rings is 1. The highest BCUT2D eigenvalue weighted by atomic mass is 16.7. The van der Waals surface area contributed by atoms with E-state index in [-0.39, 0.29) is 23.8 Å². The molecule has 3 aromatic carbocycles. The Hall–Kier alpha value is -5.19. The predicted molar refractivity (Wildman–Crippen MR) is 135 cm³/mol. The van der Waals surface area contributed by atoms with E-state index in [1.54, 1.807) is 49.6 Å². The van der Waals surface area contributed by atoms with Gasteiger partial charge in [-0.15, -0.1) is 0 Å². The summed E-state index contributed by atoms with van der Waals surface area (Å²) in [5.74, 6) is 1.26. The lowest BCUT2D eigenvalue weighted by Gasteiger charge is -2.12. The number of fused-ring (bicyclic) bond motifs is 2. The van der Waals surface area contributed by atoms with E-state index in [2.05, 4.69) is 10.5 Å². The Morgan fingerprint density at radius 3 is 2.62 bits per heavy atom. The van der Waals surface area contributed by atoms with Crippen molar-refractivity contribution in [3.8, 4) is 34.3 Å². The van der Waals surface area contributed by atoms with Crippen LogP contribution in [0.25, 0.3) is 22.2 Å². The number of aromatic nitrogens is 1. The lowest BCUT2D eigenvalue weighted by atomic mass is 10.0. The molecule has 1 aliphatic heterocycles. The van der Waals surface area contributed by atoms with Crippen molar-refractivity contribution in [1.29, 1.82) is 0 Å². The molecule has 0 fully saturated rings. The number of benzene rings is 3. The van der Waals surface area contributed by atoms with Crippen LogP contribution in [0.2, 0.25) is 0 Å². The van der Waals surface area contributed by atoms with E-state index in [0.29, 0.717) is 45.0 Å². The second-order valence-corrected chi connectivity index (χ2v) is 7.86. The fourth-order valence-corrected chi connectivity index (χ4v) is 3.94. The molecule has 1 aromatic heterocycles. The minimum Gasteiger partial charge on any atom is -0.497 e. The summed E-state index contributed by atoms with van der Waals surface area (Å²) in [7, 11) is 3.10. The van der Waals surface area contributed by atoms with Gasteiger partial charge in [0.05, 0.1) is 53.8 Å². The smallest absolute Gasteiger partial charge is 0.282 e. The van der Waals surface area contributed by atoms with E-state index < -0.39 is 10.8 Å². The van der Waals surface area contributed by atoms with Crippen molar-refractivity contribution in [3.05, 3.63) is 81.9 Å². The molecule has 186 valence electrons. The predicted octanol–water partition coefficient (Wildman–Crippen LogP) is 4.32. The number of ether oxygens (including phenoxy) is 4. The van der Waals surface area contributed by atoms with Gasteiger partial charge in [-0.25, -0.2) is 10.4 Å². The van der Waals surface area contributed by atoms with E-state index in [1.165, 1.54) is 25.5 Å². The Balaban J connectivity index is 1.49. The molecule has 0 spiro atoms. The fourth-order valence-electron chi connectivity index (χ4n) is 3.94. The van der Waals surface area contributed by atoms with E-state index >= 15 is 0 Å². The number of hydrogen-bond donors (Lipinski definition) is 1. The first-order valence-corrected chi connectivity index (χ1v) is 11.0. The molecule has 0 radical (unpaired) electrons. The normalized spacial score (nSPS) is 12.1. The molecule has 0 saturated carbocycles. The van der Waals surface area contributed by atoms with Crippen molar-refractivity contribution in [3.63, 3.8) is 0 Å². The van der Waals surface area contributed by atoms with Gasteiger partial charge in [0.25, 0.3) is 11.6 Å². The van der Waals surface area contributed by atoms with Gasteiger partial charge in [-0.05, 0) is 30.3 Å². The zero-order chi connectivity index (χ0) is 25.9. The molecule has 0 saturated heterocycles. The number of carbonyl (C=O) groups is 1. The summed E-state index contributed by atoms with van der Waals surface area (Å²) in [5.41, 5.74) is 4.47. The van der Waals surface area contributed by atoms with Crippen LogP contribution < -0.4 is 24.4 Å². The van der Waals surface area contributed by atoms with Crippen molar-refractivity contribution in [2.45, 2.75) is 0 Å². The minimum atomic E-state index is -0.559. The van der Waals surface area contributed by atoms with Gasteiger partial charge < -0.3 is 18.9 Å². The molecule has 1 N–H and O–H groups in total. The van der Waals surface area contributed by atoms with Gasteiger partial charge in [0.1, 0.15) is 11.5 Å². The molecule has 4 aromatic rings. The largest absolute Gasteiger partial charge is 0.497 e. The molecule has 11 heteroatoms. The Kier molecular flexibility index (Phi) is 6.25. The van der Waals surface area contributed by atoms with Crippen molar-refractivity contribution < 1.29 is 28.7 Å². The summed E-state index contributed by atoms with van der Waals surface area (Å²) in [6.45, 7) is -0.0275. The van der Waals surface area contributed by atoms with Gasteiger partial charge in [0.2, 0.25) is 6.79 Å². The van der Waals surface area contributed by atoms with Crippen LogP contribution >= 0.6 is 0 Å². The second-order valence-electron chi connectivity index (χ2n) is 7.86. The van der Waals surface area contributed by atoms with Crippen molar-refractivity contribution >= 4 is 28.7 Å². The van der Waals surface area contributed by atoms with Crippen LogP contribution in [0.1, 0.15) is 15.9 Å². The first kappa shape index (κ1) is 23.5. The number of nitrogens with zero attached hydrogens (tertiary/aromatic N) is 3. The van der Waals surface area contributed by atoms with E-state index in [9.17, 15) is 14.9 Å². The molecule has 2 heterocycles. The molecule has 37 heavy (non-hydrogen) atoms. The summed E-state index contributed by atoms with van der Waals surface area (Å²) < 4.78 is 21.3. The number of hydrogen-bond acceptors (Lipinski definition) is 9. The Bertz CT molecular complexity index is 1570. The maximum Gasteiger partial charge on any atom is 0.282 e. The molecular formula is C26H20N4O7. The first-order valence-electron chi connectivity index (χ1n) is 11.0. The molecule has 0 atom stereocenters. The SMILES string of the molecule is COc1ccc(-c2cc(C(=O)N/N=C/c3cc4c(cc3[N+](=O)[O-])OCO4)c3ccccc3n2)c(OC)c1. The summed E-state index contributed by atoms with van der Waals surface area (Å²) in [6, 6.07) is 16.8. The van der Waals surface area contributed by atoms with Gasteiger partial charge in [-0.2, -0.15) is 5.10 Å². The molecule has 5 rings (SSSR count). The molecular weight excluding hydrogens is 480 g/mol. The molecule has 11 nitrogen and oxygen atoms in total. The number of carbonyl (C=O) groups excluding carboxylic acids is 1. The number of rotatable bonds is 7. The van der Waals surface area contributed by atoms with E-state index in [4.69, 9.17) is 23.9 Å². The molecule has 0 aliphatic carbocycles. The third kappa shape index (κ3) is 4.57. The lowest BCUT2D eigenvalue weighted by molar-refractivity contribution is -0.385. The van der Waals surface area contributed by atoms with E-state index in [0.717, 1.165) is 0 Å². The number of methoxy groups -OCH3 is 2. The van der Waals surface area contributed by atoms with Crippen LogP contribution in [-0.4, -0.2) is 43.0 Å². The minimum absolute atomic E-state index is 0.0275. The summed E-state index contributed by atoms with van der Waals surface area (Å²) in [6.07, 6.45) is 1.19. The van der Waals surface area contributed by atoms with Crippen LogP contribution in [0.3, 0.4) is 0 Å². The van der Waals surface area contributed by atoms with E-state index in [1.807, 2.05) is 6.07 Å². The number of hydrazone groups is 1. The monoisotopic (exact) mass is 500 g/mol. The first-order chi connectivity index (χ1) is 18.0. The summed E-state index contributed by atoms with van der Waals surface area (Å²) in [5, 5.41) is 16.1. The van der Waals surface area contributed by atoms with Crippen LogP contribution in [0.4, 0.5) is 5.69 Å². The third-order valence-corrected chi connectivity index (χ3v) is 5.73. The molecule has 1 aliphatic rings. The van der Waals surface area contributed by atoms with Crippen molar-refractivity contribution in [2.24, 2.45) is 5.10 Å². The van der Waals surface area contributed by atoms with Gasteiger partial charge in [-0.3, -0.25) is 14.9 Å². The zero-order valence-electron chi connectivity index (χ0n) is 19.8. The standard InChI is InChI=1S/C26H20N4O7/c1-34-16-7-8-18(23(10-16)35-2)21-11-19(17-5-3-4-6-20(17)28-21)26(31)29-27-13-15-9-24-25(37-14-36-24)12-22(15)30(32)33/h3-13H,14H2,1-2H3,(H,29,31)/b27-13+. The van der Waals surface area contributed by atoms with Crippen LogP contribution in [0.5, 0.6) is 23.0 Å². The maximum absolute atomic E-state index is 13.2. The number of nitro benzene ring substituents is 1. The molecule has 0 bridgehead atoms. The highest BCUT2D eigenvalue weighted by molar-refractivity contribution is 6.07. The number of nitrogens with one attached hydrogen (secondary N) is 1. The lowest BCUT2D eigenvalue weighted by Crippen LogP contribution is -2.18. The van der Waals surface area contributed by atoms with Crippen LogP contribution in [-0.2, 0) is 0 Å². The zero-order valence-corrected chi connectivity index (χ0v) is 19.8. The van der Waals surface area contributed by atoms with Gasteiger partial charge in [-0.1, -0.05) is 18.2 Å². The second kappa shape index (κ2) is 9.82. The molecule has 0 unspecified atom stereocenters. The quantitative estimate of drug-likeness (QED) is 0.225. The average Bonchev–Trinajstić information content (AvgIpc) is 3.39. The highest BCUT2D eigenvalue weighted by Crippen LogP contribution is 2.37. The van der Waals surface area contributed by atoms with Gasteiger partial charge in [0, 0.05) is 17.0 Å². The Labute approximate surface area is 210 Å². The van der Waals surface area contributed by atoms with Gasteiger partial charge in [0.15, 0.2) is 11.5 Å². The Morgan fingerprint density at radius 2 is 1.86 bits per heavy atom. The van der Waals surface area contributed by atoms with Crippen molar-refractivity contribution in [1.82, 2.24) is 10.4 Å². The fraction of sp³-hybridized carbons (Fsp3) is 0.115. The topological polar surface area (TPSA) is 134 Å². The highest BCUT2D eigenvalue weighted by Gasteiger charge is 2.23.